The average molecular weight is 302 g/mol. The van der Waals surface area contributed by atoms with Gasteiger partial charge in [-0.3, -0.25) is 4.79 Å². The quantitative estimate of drug-likeness (QED) is 0.643. The smallest absolute Gasteiger partial charge is 0.193 e. The fourth-order valence-corrected chi connectivity index (χ4v) is 6.39. The van der Waals surface area contributed by atoms with E-state index in [0.717, 1.165) is 18.8 Å². The summed E-state index contributed by atoms with van der Waals surface area (Å²) in [5.74, 6) is 2.11. The van der Waals surface area contributed by atoms with Crippen LogP contribution in [0, 0.1) is 17.8 Å². The second-order valence-corrected chi connectivity index (χ2v) is 7.99. The van der Waals surface area contributed by atoms with Crippen molar-refractivity contribution in [2.45, 2.75) is 69.5 Å². The Bertz CT molecular complexity index is 537. The van der Waals surface area contributed by atoms with E-state index < -0.39 is 5.60 Å². The fraction of sp³-hybridized carbons (Fsp3) is 0.842. The maximum Gasteiger partial charge on any atom is 0.193 e. The molecule has 1 saturated heterocycles. The Morgan fingerprint density at radius 3 is 2.91 bits per heavy atom. The van der Waals surface area contributed by atoms with Crippen molar-refractivity contribution < 1.29 is 14.3 Å². The van der Waals surface area contributed by atoms with Gasteiger partial charge in [0, 0.05) is 5.92 Å². The zero-order valence-electron chi connectivity index (χ0n) is 13.3. The van der Waals surface area contributed by atoms with Gasteiger partial charge in [-0.2, -0.15) is 0 Å². The van der Waals surface area contributed by atoms with Gasteiger partial charge in [0.2, 0.25) is 0 Å². The van der Waals surface area contributed by atoms with Crippen molar-refractivity contribution in [1.82, 2.24) is 0 Å². The van der Waals surface area contributed by atoms with Crippen LogP contribution in [-0.4, -0.2) is 30.7 Å². The standard InChI is InChI=1S/C19H26O3/c20-18-17-11-16-15-6-5-12-3-1-2-4-13(12)14(15)7-8-19(16,18)22-10-9-21-17/h14-17H,1-11H2/t14-,15-,16+,17?,19-/m1/s1. The number of fused-ring (bicyclic) bond motifs is 4. The summed E-state index contributed by atoms with van der Waals surface area (Å²) in [6, 6.07) is 0. The van der Waals surface area contributed by atoms with Gasteiger partial charge in [0.1, 0.15) is 11.7 Å². The number of hydrogen-bond donors (Lipinski definition) is 0. The van der Waals surface area contributed by atoms with Crippen LogP contribution in [0.2, 0.25) is 0 Å². The number of carbonyl (C=O) groups is 1. The van der Waals surface area contributed by atoms with E-state index in [-0.39, 0.29) is 11.9 Å². The number of Topliss-reactive ketones (excluding diaryl/α,β-unsaturated/α-hetero) is 1. The van der Waals surface area contributed by atoms with Gasteiger partial charge in [0.05, 0.1) is 13.2 Å². The van der Waals surface area contributed by atoms with Gasteiger partial charge < -0.3 is 9.47 Å². The minimum Gasteiger partial charge on any atom is -0.368 e. The molecule has 0 aromatic rings. The highest BCUT2D eigenvalue weighted by Gasteiger charge is 2.63. The molecule has 0 radical (unpaired) electrons. The number of ether oxygens (including phenoxy) is 2. The molecular weight excluding hydrogens is 276 g/mol. The maximum atomic E-state index is 12.9. The first-order valence-corrected chi connectivity index (χ1v) is 9.30. The van der Waals surface area contributed by atoms with Gasteiger partial charge in [0.15, 0.2) is 5.78 Å². The van der Waals surface area contributed by atoms with Crippen molar-refractivity contribution in [2.24, 2.45) is 17.8 Å². The molecule has 1 heterocycles. The van der Waals surface area contributed by atoms with Gasteiger partial charge in [-0.05, 0) is 69.6 Å². The lowest BCUT2D eigenvalue weighted by Gasteiger charge is -2.50. The maximum absolute atomic E-state index is 12.9. The third kappa shape index (κ3) is 1.73. The first-order valence-electron chi connectivity index (χ1n) is 9.30. The first-order chi connectivity index (χ1) is 10.8. The van der Waals surface area contributed by atoms with Crippen LogP contribution in [0.15, 0.2) is 11.1 Å². The second kappa shape index (κ2) is 4.91. The molecule has 0 aromatic carbocycles. The summed E-state index contributed by atoms with van der Waals surface area (Å²) in [6.07, 6.45) is 10.8. The first kappa shape index (κ1) is 13.7. The van der Waals surface area contributed by atoms with Crippen LogP contribution in [0.1, 0.15) is 57.8 Å². The molecular formula is C19H26O3. The predicted octanol–water partition coefficient (Wildman–Crippen LogP) is 3.42. The van der Waals surface area contributed by atoms with Crippen LogP contribution in [0.25, 0.3) is 0 Å². The Balaban J connectivity index is 1.51. The fourth-order valence-electron chi connectivity index (χ4n) is 6.39. The van der Waals surface area contributed by atoms with Crippen molar-refractivity contribution in [3.05, 3.63) is 11.1 Å². The average Bonchev–Trinajstić information content (AvgIpc) is 2.73. The van der Waals surface area contributed by atoms with Gasteiger partial charge in [0.25, 0.3) is 0 Å². The number of ketones is 1. The van der Waals surface area contributed by atoms with Gasteiger partial charge >= 0.3 is 0 Å². The Hall–Kier alpha value is -0.670. The molecule has 3 nitrogen and oxygen atoms in total. The van der Waals surface area contributed by atoms with Crippen molar-refractivity contribution >= 4 is 5.78 Å². The van der Waals surface area contributed by atoms with E-state index in [2.05, 4.69) is 0 Å². The van der Waals surface area contributed by atoms with E-state index in [1.165, 1.54) is 44.9 Å². The number of carbonyl (C=O) groups excluding carboxylic acids is 1. The topological polar surface area (TPSA) is 35.5 Å². The molecule has 0 aromatic heterocycles. The highest BCUT2D eigenvalue weighted by molar-refractivity contribution is 5.94. The lowest BCUT2D eigenvalue weighted by molar-refractivity contribution is -0.156. The molecule has 22 heavy (non-hydrogen) atoms. The Labute approximate surface area is 132 Å². The Morgan fingerprint density at radius 1 is 1.05 bits per heavy atom. The summed E-state index contributed by atoms with van der Waals surface area (Å²) in [4.78, 5) is 12.9. The Kier molecular flexibility index (Phi) is 3.07. The third-order valence-electron chi connectivity index (χ3n) is 7.25. The van der Waals surface area contributed by atoms with Crippen LogP contribution in [0.3, 0.4) is 0 Å². The van der Waals surface area contributed by atoms with Crippen LogP contribution >= 0.6 is 0 Å². The normalized spacial score (nSPS) is 47.5. The number of hydrogen-bond acceptors (Lipinski definition) is 3. The van der Waals surface area contributed by atoms with Gasteiger partial charge in [-0.25, -0.2) is 0 Å². The molecule has 2 bridgehead atoms. The molecule has 5 rings (SSSR count). The Morgan fingerprint density at radius 2 is 1.95 bits per heavy atom. The minimum atomic E-state index is -0.477. The molecule has 4 aliphatic carbocycles. The molecule has 0 N–H and O–H groups in total. The molecule has 5 aliphatic rings. The molecule has 2 saturated carbocycles. The largest absolute Gasteiger partial charge is 0.368 e. The second-order valence-electron chi connectivity index (χ2n) is 7.99. The van der Waals surface area contributed by atoms with Gasteiger partial charge in [-0.1, -0.05) is 11.1 Å². The molecule has 3 fully saturated rings. The molecule has 120 valence electrons. The minimum absolute atomic E-state index is 0.173. The summed E-state index contributed by atoms with van der Waals surface area (Å²) >= 11 is 0. The molecule has 1 unspecified atom stereocenters. The molecule has 5 atom stereocenters. The van der Waals surface area contributed by atoms with Crippen molar-refractivity contribution in [3.63, 3.8) is 0 Å². The van der Waals surface area contributed by atoms with E-state index in [0.29, 0.717) is 25.0 Å². The zero-order valence-corrected chi connectivity index (χ0v) is 13.3. The van der Waals surface area contributed by atoms with Crippen LogP contribution in [-0.2, 0) is 14.3 Å². The number of allylic oxidation sites excluding steroid dienone is 2. The van der Waals surface area contributed by atoms with Crippen LogP contribution in [0.5, 0.6) is 0 Å². The predicted molar refractivity (Wildman–Crippen MR) is 82.5 cm³/mol. The summed E-state index contributed by atoms with van der Waals surface area (Å²) in [5, 5.41) is 0. The third-order valence-corrected chi connectivity index (χ3v) is 7.25. The summed E-state index contributed by atoms with van der Waals surface area (Å²) < 4.78 is 12.0. The van der Waals surface area contributed by atoms with E-state index in [1.807, 2.05) is 0 Å². The van der Waals surface area contributed by atoms with Crippen LogP contribution < -0.4 is 0 Å². The zero-order chi connectivity index (χ0) is 14.7. The van der Waals surface area contributed by atoms with E-state index in [9.17, 15) is 4.79 Å². The summed E-state index contributed by atoms with van der Waals surface area (Å²) in [6.45, 7) is 1.19. The molecule has 1 aliphatic heterocycles. The molecule has 1 spiro atoms. The lowest BCUT2D eigenvalue weighted by atomic mass is 9.57. The summed E-state index contributed by atoms with van der Waals surface area (Å²) in [5.41, 5.74) is 3.10. The highest BCUT2D eigenvalue weighted by Crippen LogP contribution is 2.58. The van der Waals surface area contributed by atoms with Crippen molar-refractivity contribution in [2.75, 3.05) is 13.2 Å². The van der Waals surface area contributed by atoms with E-state index >= 15 is 0 Å². The number of rotatable bonds is 0. The van der Waals surface area contributed by atoms with E-state index in [1.54, 1.807) is 11.1 Å². The SMILES string of the molecule is O=C1C2C[C@H]3[C@@H]4CCC5=C(CCCC5)[C@H]4CC[C@]13OCCO2. The highest BCUT2D eigenvalue weighted by atomic mass is 16.6. The molecule has 0 amide bonds. The van der Waals surface area contributed by atoms with Gasteiger partial charge in [-0.15, -0.1) is 0 Å². The van der Waals surface area contributed by atoms with Crippen molar-refractivity contribution in [1.29, 1.82) is 0 Å². The monoisotopic (exact) mass is 302 g/mol. The van der Waals surface area contributed by atoms with E-state index in [4.69, 9.17) is 9.47 Å². The summed E-state index contributed by atoms with van der Waals surface area (Å²) in [7, 11) is 0. The lowest BCUT2D eigenvalue weighted by Crippen LogP contribution is -2.52. The molecule has 3 heteroatoms. The van der Waals surface area contributed by atoms with Crippen LogP contribution in [0.4, 0.5) is 0 Å². The van der Waals surface area contributed by atoms with Crippen molar-refractivity contribution in [3.8, 4) is 0 Å².